The van der Waals surface area contributed by atoms with Crippen molar-refractivity contribution < 1.29 is 13.2 Å². The summed E-state index contributed by atoms with van der Waals surface area (Å²) in [6, 6.07) is 16.0. The lowest BCUT2D eigenvalue weighted by molar-refractivity contribution is 0.0773. The molecule has 0 saturated heterocycles. The van der Waals surface area contributed by atoms with Crippen LogP contribution in [0.5, 0.6) is 0 Å². The van der Waals surface area contributed by atoms with Crippen LogP contribution in [0.15, 0.2) is 65.6 Å². The van der Waals surface area contributed by atoms with Gasteiger partial charge in [0.2, 0.25) is 10.0 Å². The van der Waals surface area contributed by atoms with Crippen LogP contribution in [0.2, 0.25) is 0 Å². The molecular weight excluding hydrogens is 360 g/mol. The van der Waals surface area contributed by atoms with Crippen LogP contribution in [0.3, 0.4) is 0 Å². The van der Waals surface area contributed by atoms with E-state index in [2.05, 4.69) is 28.9 Å². The fraction of sp³-hybridized carbons (Fsp3) is 0.190. The number of benzene rings is 2. The standard InChI is InChI=1S/C21H20N2O3S/c1-2-14-22-27(25,26)20-10-8-19(9-11-20)21(24)23-15-12-18(13-16-23)17-6-4-3-5-7-17/h1,3-12,22H,13-16H2. The maximum absolute atomic E-state index is 12.7. The predicted octanol–water partition coefficient (Wildman–Crippen LogP) is 2.53. The summed E-state index contributed by atoms with van der Waals surface area (Å²) in [5.41, 5.74) is 2.88. The molecule has 2 aromatic carbocycles. The molecule has 6 heteroatoms. The van der Waals surface area contributed by atoms with Gasteiger partial charge in [-0.1, -0.05) is 42.3 Å². The number of hydrogen-bond acceptors (Lipinski definition) is 3. The molecule has 1 amide bonds. The lowest BCUT2D eigenvalue weighted by Gasteiger charge is -2.27. The zero-order valence-electron chi connectivity index (χ0n) is 14.8. The van der Waals surface area contributed by atoms with Crippen LogP contribution in [0, 0.1) is 12.3 Å². The van der Waals surface area contributed by atoms with Crippen molar-refractivity contribution in [2.75, 3.05) is 19.6 Å². The van der Waals surface area contributed by atoms with Crippen LogP contribution >= 0.6 is 0 Å². The Balaban J connectivity index is 1.69. The van der Waals surface area contributed by atoms with Gasteiger partial charge in [-0.2, -0.15) is 4.72 Å². The van der Waals surface area contributed by atoms with Gasteiger partial charge in [0.05, 0.1) is 11.4 Å². The molecule has 138 valence electrons. The molecule has 1 heterocycles. The van der Waals surface area contributed by atoms with Crippen LogP contribution in [-0.4, -0.2) is 38.9 Å². The summed E-state index contributed by atoms with van der Waals surface area (Å²) in [6.45, 7) is 1.09. The first-order valence-corrected chi connectivity index (χ1v) is 10.1. The molecule has 0 fully saturated rings. The molecule has 1 N–H and O–H groups in total. The molecule has 0 unspecified atom stereocenters. The topological polar surface area (TPSA) is 66.5 Å². The summed E-state index contributed by atoms with van der Waals surface area (Å²) in [6.07, 6.45) is 7.93. The molecule has 1 aliphatic heterocycles. The van der Waals surface area contributed by atoms with E-state index in [-0.39, 0.29) is 17.3 Å². The Morgan fingerprint density at radius 2 is 1.81 bits per heavy atom. The molecule has 0 aliphatic carbocycles. The van der Waals surface area contributed by atoms with E-state index >= 15 is 0 Å². The number of sulfonamides is 1. The van der Waals surface area contributed by atoms with Gasteiger partial charge in [0.25, 0.3) is 5.91 Å². The highest BCUT2D eigenvalue weighted by Gasteiger charge is 2.20. The van der Waals surface area contributed by atoms with Crippen molar-refractivity contribution in [3.05, 3.63) is 71.8 Å². The lowest BCUT2D eigenvalue weighted by atomic mass is 9.99. The van der Waals surface area contributed by atoms with Crippen molar-refractivity contribution in [2.24, 2.45) is 0 Å². The lowest BCUT2D eigenvalue weighted by Crippen LogP contribution is -2.34. The van der Waals surface area contributed by atoms with Crippen molar-refractivity contribution in [3.63, 3.8) is 0 Å². The largest absolute Gasteiger partial charge is 0.335 e. The Labute approximate surface area is 159 Å². The van der Waals surface area contributed by atoms with E-state index in [4.69, 9.17) is 6.42 Å². The summed E-state index contributed by atoms with van der Waals surface area (Å²) in [4.78, 5) is 14.5. The zero-order valence-corrected chi connectivity index (χ0v) is 15.6. The maximum atomic E-state index is 12.7. The Kier molecular flexibility index (Phi) is 5.75. The van der Waals surface area contributed by atoms with Crippen molar-refractivity contribution in [1.82, 2.24) is 9.62 Å². The molecule has 0 saturated carbocycles. The summed E-state index contributed by atoms with van der Waals surface area (Å²) in [5.74, 6) is 2.11. The third kappa shape index (κ3) is 4.45. The van der Waals surface area contributed by atoms with Gasteiger partial charge in [-0.3, -0.25) is 4.79 Å². The quantitative estimate of drug-likeness (QED) is 0.811. The number of carbonyl (C=O) groups is 1. The molecule has 0 aromatic heterocycles. The van der Waals surface area contributed by atoms with Gasteiger partial charge in [-0.25, -0.2) is 8.42 Å². The van der Waals surface area contributed by atoms with Crippen LogP contribution in [0.4, 0.5) is 0 Å². The third-order valence-corrected chi connectivity index (χ3v) is 5.83. The number of hydrogen-bond donors (Lipinski definition) is 1. The predicted molar refractivity (Wildman–Crippen MR) is 105 cm³/mol. The van der Waals surface area contributed by atoms with Gasteiger partial charge < -0.3 is 4.90 Å². The fourth-order valence-corrected chi connectivity index (χ4v) is 3.88. The first-order chi connectivity index (χ1) is 13.0. The van der Waals surface area contributed by atoms with Crippen molar-refractivity contribution >= 4 is 21.5 Å². The Morgan fingerprint density at radius 1 is 1.11 bits per heavy atom. The average molecular weight is 380 g/mol. The maximum Gasteiger partial charge on any atom is 0.254 e. The fourth-order valence-electron chi connectivity index (χ4n) is 2.95. The first-order valence-electron chi connectivity index (χ1n) is 8.58. The van der Waals surface area contributed by atoms with Crippen molar-refractivity contribution in [2.45, 2.75) is 11.3 Å². The normalized spacial score (nSPS) is 14.3. The zero-order chi connectivity index (χ0) is 19.3. The van der Waals surface area contributed by atoms with E-state index in [0.717, 1.165) is 6.42 Å². The van der Waals surface area contributed by atoms with Gasteiger partial charge in [-0.05, 0) is 41.8 Å². The van der Waals surface area contributed by atoms with E-state index in [1.165, 1.54) is 35.4 Å². The number of nitrogens with one attached hydrogen (secondary N) is 1. The van der Waals surface area contributed by atoms with Crippen LogP contribution in [0.1, 0.15) is 22.3 Å². The van der Waals surface area contributed by atoms with E-state index in [0.29, 0.717) is 18.7 Å². The third-order valence-electron chi connectivity index (χ3n) is 4.42. The number of rotatable bonds is 5. The van der Waals surface area contributed by atoms with Gasteiger partial charge in [0, 0.05) is 18.7 Å². The summed E-state index contributed by atoms with van der Waals surface area (Å²) < 4.78 is 26.4. The molecule has 0 bridgehead atoms. The number of terminal acetylenes is 1. The minimum Gasteiger partial charge on any atom is -0.335 e. The van der Waals surface area contributed by atoms with Crippen LogP contribution in [-0.2, 0) is 10.0 Å². The highest BCUT2D eigenvalue weighted by molar-refractivity contribution is 7.89. The highest BCUT2D eigenvalue weighted by atomic mass is 32.2. The molecule has 5 nitrogen and oxygen atoms in total. The van der Waals surface area contributed by atoms with Crippen LogP contribution in [0.25, 0.3) is 5.57 Å². The van der Waals surface area contributed by atoms with Crippen molar-refractivity contribution in [1.29, 1.82) is 0 Å². The highest BCUT2D eigenvalue weighted by Crippen LogP contribution is 2.23. The van der Waals surface area contributed by atoms with E-state index in [1.54, 1.807) is 4.90 Å². The first kappa shape index (κ1) is 18.9. The van der Waals surface area contributed by atoms with Gasteiger partial charge in [0.15, 0.2) is 0 Å². The monoisotopic (exact) mass is 380 g/mol. The van der Waals surface area contributed by atoms with E-state index in [9.17, 15) is 13.2 Å². The Morgan fingerprint density at radius 3 is 2.41 bits per heavy atom. The number of amides is 1. The average Bonchev–Trinajstić information content (AvgIpc) is 2.72. The second kappa shape index (κ2) is 8.21. The molecule has 1 aliphatic rings. The molecule has 27 heavy (non-hydrogen) atoms. The molecule has 0 spiro atoms. The Bertz CT molecular complexity index is 988. The molecule has 3 rings (SSSR count). The van der Waals surface area contributed by atoms with Crippen molar-refractivity contribution in [3.8, 4) is 12.3 Å². The molecule has 2 aromatic rings. The minimum atomic E-state index is -3.65. The van der Waals surface area contributed by atoms with E-state index < -0.39 is 10.0 Å². The molecule has 0 radical (unpaired) electrons. The number of nitrogens with zero attached hydrogens (tertiary/aromatic N) is 1. The number of carbonyl (C=O) groups excluding carboxylic acids is 1. The second-order valence-electron chi connectivity index (χ2n) is 6.15. The molecular formula is C21H20N2O3S. The van der Waals surface area contributed by atoms with Gasteiger partial charge in [0.1, 0.15) is 0 Å². The van der Waals surface area contributed by atoms with Gasteiger partial charge in [-0.15, -0.1) is 6.42 Å². The Hall–Kier alpha value is -2.88. The smallest absolute Gasteiger partial charge is 0.254 e. The van der Waals surface area contributed by atoms with Gasteiger partial charge >= 0.3 is 0 Å². The molecule has 0 atom stereocenters. The minimum absolute atomic E-state index is 0.0765. The summed E-state index contributed by atoms with van der Waals surface area (Å²) in [5, 5.41) is 0. The summed E-state index contributed by atoms with van der Waals surface area (Å²) in [7, 11) is -3.65. The summed E-state index contributed by atoms with van der Waals surface area (Å²) >= 11 is 0. The SMILES string of the molecule is C#CCNS(=O)(=O)c1ccc(C(=O)N2CC=C(c3ccccc3)CC2)cc1. The second-order valence-corrected chi connectivity index (χ2v) is 7.92. The van der Waals surface area contributed by atoms with E-state index in [1.807, 2.05) is 18.2 Å². The van der Waals surface area contributed by atoms with Crippen LogP contribution < -0.4 is 4.72 Å².